The number of hydrogen-bond acceptors (Lipinski definition) is 2. The van der Waals surface area contributed by atoms with Crippen LogP contribution in [-0.4, -0.2) is 29.9 Å². The number of hydrogen-bond donors (Lipinski definition) is 1. The molecule has 0 unspecified atom stereocenters. The van der Waals surface area contributed by atoms with E-state index in [4.69, 9.17) is 0 Å². The number of nitrogens with zero attached hydrogens (tertiary/aromatic N) is 1. The topological polar surface area (TPSA) is 32.3 Å². The maximum atomic E-state index is 11.7. The second-order valence-corrected chi connectivity index (χ2v) is 6.14. The predicted molar refractivity (Wildman–Crippen MR) is 87.1 cm³/mol. The molecule has 3 nitrogen and oxygen atoms in total. The summed E-state index contributed by atoms with van der Waals surface area (Å²) in [5.74, 6) is 0.0647. The van der Waals surface area contributed by atoms with Gasteiger partial charge in [-0.1, -0.05) is 44.2 Å². The first kappa shape index (κ1) is 16.0. The van der Waals surface area contributed by atoms with Crippen molar-refractivity contribution >= 4 is 5.91 Å². The Morgan fingerprint density at radius 2 is 1.76 bits per heavy atom. The van der Waals surface area contributed by atoms with E-state index in [2.05, 4.69) is 48.3 Å². The first-order valence-corrected chi connectivity index (χ1v) is 8.19. The van der Waals surface area contributed by atoms with Crippen molar-refractivity contribution in [1.82, 2.24) is 10.2 Å². The van der Waals surface area contributed by atoms with Crippen molar-refractivity contribution in [3.63, 3.8) is 0 Å². The SMILES string of the molecule is CCC(CC)N1CCC(NC(C)=O)(c2ccccc2)CC1. The molecule has 1 fully saturated rings. The summed E-state index contributed by atoms with van der Waals surface area (Å²) in [6.45, 7) is 8.27. The van der Waals surface area contributed by atoms with Crippen molar-refractivity contribution in [3.8, 4) is 0 Å². The van der Waals surface area contributed by atoms with Gasteiger partial charge in [-0.2, -0.15) is 0 Å². The molecule has 0 bridgehead atoms. The van der Waals surface area contributed by atoms with Gasteiger partial charge in [0.05, 0.1) is 5.54 Å². The predicted octanol–water partition coefficient (Wildman–Crippen LogP) is 3.30. The molecule has 1 heterocycles. The largest absolute Gasteiger partial charge is 0.347 e. The molecule has 0 aliphatic carbocycles. The molecule has 21 heavy (non-hydrogen) atoms. The fourth-order valence-corrected chi connectivity index (χ4v) is 3.66. The first-order valence-electron chi connectivity index (χ1n) is 8.19. The molecule has 1 aromatic rings. The number of amides is 1. The van der Waals surface area contributed by atoms with E-state index < -0.39 is 0 Å². The smallest absolute Gasteiger partial charge is 0.217 e. The van der Waals surface area contributed by atoms with Crippen LogP contribution in [0.4, 0.5) is 0 Å². The minimum Gasteiger partial charge on any atom is -0.347 e. The Labute approximate surface area is 128 Å². The summed E-state index contributed by atoms with van der Waals surface area (Å²) in [5.41, 5.74) is 1.06. The Morgan fingerprint density at radius 1 is 1.19 bits per heavy atom. The van der Waals surface area contributed by atoms with Crippen LogP contribution in [0.25, 0.3) is 0 Å². The zero-order chi connectivity index (χ0) is 15.3. The van der Waals surface area contributed by atoms with Crippen LogP contribution in [0.3, 0.4) is 0 Å². The van der Waals surface area contributed by atoms with Crippen molar-refractivity contribution in [3.05, 3.63) is 35.9 Å². The maximum absolute atomic E-state index is 11.7. The van der Waals surface area contributed by atoms with E-state index in [0.29, 0.717) is 6.04 Å². The number of nitrogens with one attached hydrogen (secondary N) is 1. The van der Waals surface area contributed by atoms with Gasteiger partial charge < -0.3 is 10.2 Å². The van der Waals surface area contributed by atoms with Crippen molar-refractivity contribution in [2.75, 3.05) is 13.1 Å². The van der Waals surface area contributed by atoms with Gasteiger partial charge in [-0.25, -0.2) is 0 Å². The van der Waals surface area contributed by atoms with E-state index in [-0.39, 0.29) is 11.4 Å². The van der Waals surface area contributed by atoms with Gasteiger partial charge in [0.15, 0.2) is 0 Å². The van der Waals surface area contributed by atoms with Crippen LogP contribution < -0.4 is 5.32 Å². The summed E-state index contributed by atoms with van der Waals surface area (Å²) < 4.78 is 0. The van der Waals surface area contributed by atoms with Crippen LogP contribution in [0.5, 0.6) is 0 Å². The summed E-state index contributed by atoms with van der Waals surface area (Å²) in [5, 5.41) is 3.24. The summed E-state index contributed by atoms with van der Waals surface area (Å²) >= 11 is 0. The zero-order valence-electron chi connectivity index (χ0n) is 13.6. The quantitative estimate of drug-likeness (QED) is 0.901. The van der Waals surface area contributed by atoms with E-state index in [1.54, 1.807) is 6.92 Å². The summed E-state index contributed by atoms with van der Waals surface area (Å²) in [4.78, 5) is 14.3. The third-order valence-corrected chi connectivity index (χ3v) is 4.85. The molecule has 0 aromatic heterocycles. The Morgan fingerprint density at radius 3 is 2.24 bits per heavy atom. The second-order valence-electron chi connectivity index (χ2n) is 6.14. The van der Waals surface area contributed by atoms with E-state index >= 15 is 0 Å². The lowest BCUT2D eigenvalue weighted by Gasteiger charge is -2.45. The Kier molecular flexibility index (Phi) is 5.40. The maximum Gasteiger partial charge on any atom is 0.217 e. The fourth-order valence-electron chi connectivity index (χ4n) is 3.66. The number of piperidine rings is 1. The normalized spacial score (nSPS) is 18.7. The average Bonchev–Trinajstić information content (AvgIpc) is 2.50. The first-order chi connectivity index (χ1) is 10.1. The highest BCUT2D eigenvalue weighted by Gasteiger charge is 2.37. The van der Waals surface area contributed by atoms with Gasteiger partial charge in [0, 0.05) is 26.1 Å². The van der Waals surface area contributed by atoms with Gasteiger partial charge >= 0.3 is 0 Å². The molecule has 0 spiro atoms. The van der Waals surface area contributed by atoms with Crippen LogP contribution in [0, 0.1) is 0 Å². The molecule has 116 valence electrons. The van der Waals surface area contributed by atoms with Crippen LogP contribution in [0.2, 0.25) is 0 Å². The molecule has 1 saturated heterocycles. The van der Waals surface area contributed by atoms with Crippen molar-refractivity contribution in [1.29, 1.82) is 0 Å². The highest BCUT2D eigenvalue weighted by Crippen LogP contribution is 2.34. The van der Waals surface area contributed by atoms with E-state index in [0.717, 1.165) is 25.9 Å². The number of benzene rings is 1. The summed E-state index contributed by atoms with van der Waals surface area (Å²) in [6, 6.07) is 11.1. The standard InChI is InChI=1S/C18H28N2O/c1-4-17(5-2)20-13-11-18(12-14-20,19-15(3)21)16-9-7-6-8-10-16/h6-10,17H,4-5,11-14H2,1-3H3,(H,19,21). The van der Waals surface area contributed by atoms with Crippen LogP contribution >= 0.6 is 0 Å². The molecule has 0 atom stereocenters. The van der Waals surface area contributed by atoms with Crippen LogP contribution in [-0.2, 0) is 10.3 Å². The molecule has 1 aliphatic heterocycles. The third-order valence-electron chi connectivity index (χ3n) is 4.85. The molecule has 3 heteroatoms. The summed E-state index contributed by atoms with van der Waals surface area (Å²) in [6.07, 6.45) is 4.39. The molecule has 0 radical (unpaired) electrons. The lowest BCUT2D eigenvalue weighted by molar-refractivity contribution is -0.121. The number of carbonyl (C=O) groups excluding carboxylic acids is 1. The van der Waals surface area contributed by atoms with E-state index in [9.17, 15) is 4.79 Å². The van der Waals surface area contributed by atoms with Gasteiger partial charge in [-0.3, -0.25) is 4.79 Å². The van der Waals surface area contributed by atoms with E-state index in [1.165, 1.54) is 18.4 Å². The van der Waals surface area contributed by atoms with Gasteiger partial charge in [0.25, 0.3) is 0 Å². The van der Waals surface area contributed by atoms with Crippen LogP contribution in [0.1, 0.15) is 52.0 Å². The Bertz CT molecular complexity index is 446. The lowest BCUT2D eigenvalue weighted by atomic mass is 9.80. The number of carbonyl (C=O) groups is 1. The molecule has 2 rings (SSSR count). The zero-order valence-corrected chi connectivity index (χ0v) is 13.6. The number of rotatable bonds is 5. The van der Waals surface area contributed by atoms with Crippen molar-refractivity contribution in [2.24, 2.45) is 0 Å². The molecular weight excluding hydrogens is 260 g/mol. The highest BCUT2D eigenvalue weighted by atomic mass is 16.1. The Balaban J connectivity index is 2.16. The van der Waals surface area contributed by atoms with Crippen LogP contribution in [0.15, 0.2) is 30.3 Å². The average molecular weight is 288 g/mol. The highest BCUT2D eigenvalue weighted by molar-refractivity contribution is 5.74. The molecule has 0 saturated carbocycles. The van der Waals surface area contributed by atoms with E-state index in [1.807, 2.05) is 6.07 Å². The second kappa shape index (κ2) is 7.08. The molecule has 1 aromatic carbocycles. The van der Waals surface area contributed by atoms with Gasteiger partial charge in [0.2, 0.25) is 5.91 Å². The minimum atomic E-state index is -0.185. The van der Waals surface area contributed by atoms with Gasteiger partial charge in [0.1, 0.15) is 0 Å². The van der Waals surface area contributed by atoms with Crippen molar-refractivity contribution in [2.45, 2.75) is 58.0 Å². The monoisotopic (exact) mass is 288 g/mol. The van der Waals surface area contributed by atoms with Crippen molar-refractivity contribution < 1.29 is 4.79 Å². The minimum absolute atomic E-state index is 0.0647. The summed E-state index contributed by atoms with van der Waals surface area (Å²) in [7, 11) is 0. The molecule has 1 aliphatic rings. The lowest BCUT2D eigenvalue weighted by Crippen LogP contribution is -2.54. The molecular formula is C18H28N2O. The number of likely N-dealkylation sites (tertiary alicyclic amines) is 1. The Hall–Kier alpha value is -1.35. The fraction of sp³-hybridized carbons (Fsp3) is 0.611. The molecule has 1 N–H and O–H groups in total. The van der Waals surface area contributed by atoms with Gasteiger partial charge in [-0.05, 0) is 31.2 Å². The molecule has 1 amide bonds. The third kappa shape index (κ3) is 3.65. The van der Waals surface area contributed by atoms with Gasteiger partial charge in [-0.15, -0.1) is 0 Å².